The summed E-state index contributed by atoms with van der Waals surface area (Å²) >= 11 is 7.91. The second-order valence-corrected chi connectivity index (χ2v) is 8.81. The lowest BCUT2D eigenvalue weighted by Gasteiger charge is -2.26. The molecule has 0 aliphatic carbocycles. The molecule has 156 valence electrons. The lowest BCUT2D eigenvalue weighted by molar-refractivity contribution is -0.131. The second-order valence-electron chi connectivity index (χ2n) is 7.38. The Morgan fingerprint density at radius 3 is 2.87 bits per heavy atom. The summed E-state index contributed by atoms with van der Waals surface area (Å²) < 4.78 is 2.63. The van der Waals surface area contributed by atoms with E-state index in [0.29, 0.717) is 42.2 Å². The average molecular weight is 444 g/mol. The summed E-state index contributed by atoms with van der Waals surface area (Å²) in [6, 6.07) is 5.35. The van der Waals surface area contributed by atoms with Gasteiger partial charge in [-0.15, -0.1) is 11.3 Å². The lowest BCUT2D eigenvalue weighted by atomic mass is 10.1. The van der Waals surface area contributed by atoms with Gasteiger partial charge in [0.15, 0.2) is 0 Å². The predicted octanol–water partition coefficient (Wildman–Crippen LogP) is 3.55. The average Bonchev–Trinajstić information content (AvgIpc) is 3.41. The van der Waals surface area contributed by atoms with Crippen LogP contribution in [-0.4, -0.2) is 63.6 Å². The molecule has 7 nitrogen and oxygen atoms in total. The van der Waals surface area contributed by atoms with E-state index in [-0.39, 0.29) is 11.8 Å². The number of fused-ring (bicyclic) bond motifs is 1. The molecule has 0 atom stereocenters. The van der Waals surface area contributed by atoms with E-state index in [0.717, 1.165) is 21.7 Å². The zero-order chi connectivity index (χ0) is 21.3. The zero-order valence-corrected chi connectivity index (χ0v) is 18.4. The molecule has 0 saturated heterocycles. The normalized spacial score (nSPS) is 14.1. The van der Waals surface area contributed by atoms with Gasteiger partial charge < -0.3 is 9.80 Å². The van der Waals surface area contributed by atoms with Gasteiger partial charge in [0.1, 0.15) is 10.5 Å². The minimum absolute atomic E-state index is 0.0976. The van der Waals surface area contributed by atoms with Crippen molar-refractivity contribution in [1.29, 1.82) is 0 Å². The van der Waals surface area contributed by atoms with Crippen LogP contribution in [0.5, 0.6) is 0 Å². The van der Waals surface area contributed by atoms with Gasteiger partial charge >= 0.3 is 0 Å². The summed E-state index contributed by atoms with van der Waals surface area (Å²) in [6.07, 6.45) is 6.90. The van der Waals surface area contributed by atoms with Gasteiger partial charge in [-0.2, -0.15) is 5.10 Å². The number of hydrogen-bond donors (Lipinski definition) is 0. The number of nitrogens with zero attached hydrogens (tertiary/aromatic N) is 5. The molecule has 1 aliphatic heterocycles. The van der Waals surface area contributed by atoms with E-state index in [1.165, 1.54) is 16.2 Å². The van der Waals surface area contributed by atoms with Crippen LogP contribution in [0.1, 0.15) is 28.2 Å². The molecule has 2 aromatic heterocycles. The van der Waals surface area contributed by atoms with Crippen molar-refractivity contribution in [2.75, 3.05) is 27.2 Å². The number of halogens is 1. The van der Waals surface area contributed by atoms with E-state index in [1.54, 1.807) is 31.0 Å². The Hall–Kier alpha value is -2.71. The first kappa shape index (κ1) is 20.6. The quantitative estimate of drug-likeness (QED) is 0.604. The maximum absolute atomic E-state index is 12.7. The van der Waals surface area contributed by atoms with Crippen molar-refractivity contribution in [2.24, 2.45) is 0 Å². The minimum Gasteiger partial charge on any atom is -0.345 e. The number of benzene rings is 1. The van der Waals surface area contributed by atoms with Crippen LogP contribution in [0, 0.1) is 0 Å². The van der Waals surface area contributed by atoms with Gasteiger partial charge in [-0.1, -0.05) is 17.7 Å². The number of carbonyl (C=O) groups is 2. The van der Waals surface area contributed by atoms with E-state index in [1.807, 2.05) is 23.2 Å². The monoisotopic (exact) mass is 443 g/mol. The lowest BCUT2D eigenvalue weighted by Crippen LogP contribution is -2.35. The summed E-state index contributed by atoms with van der Waals surface area (Å²) in [4.78, 5) is 33.1. The number of amides is 2. The van der Waals surface area contributed by atoms with Gasteiger partial charge in [-0.05, 0) is 24.6 Å². The van der Waals surface area contributed by atoms with E-state index in [2.05, 4.69) is 11.2 Å². The van der Waals surface area contributed by atoms with Crippen molar-refractivity contribution >= 4 is 50.5 Å². The fourth-order valence-corrected chi connectivity index (χ4v) is 4.80. The van der Waals surface area contributed by atoms with Gasteiger partial charge in [0.25, 0.3) is 5.91 Å². The SMILES string of the molecule is CN(C)C(=O)c1cc(Cl)c2nc(C3=CCCN(C(=O)CCn4cccn4)C3)sc2c1. The minimum atomic E-state index is -0.0976. The highest BCUT2D eigenvalue weighted by atomic mass is 35.5. The second kappa shape index (κ2) is 8.57. The Morgan fingerprint density at radius 1 is 1.30 bits per heavy atom. The van der Waals surface area contributed by atoms with Crippen LogP contribution in [0.4, 0.5) is 0 Å². The molecule has 0 unspecified atom stereocenters. The molecule has 3 heterocycles. The largest absolute Gasteiger partial charge is 0.345 e. The molecule has 0 bridgehead atoms. The van der Waals surface area contributed by atoms with Crippen molar-refractivity contribution in [2.45, 2.75) is 19.4 Å². The summed E-state index contributed by atoms with van der Waals surface area (Å²) in [5, 5.41) is 5.45. The maximum Gasteiger partial charge on any atom is 0.253 e. The third kappa shape index (κ3) is 4.24. The van der Waals surface area contributed by atoms with Crippen LogP contribution < -0.4 is 0 Å². The first-order valence-corrected chi connectivity index (χ1v) is 10.9. The number of thiazole rings is 1. The highest BCUT2D eigenvalue weighted by Gasteiger charge is 2.22. The Kier molecular flexibility index (Phi) is 5.87. The number of aryl methyl sites for hydroxylation is 1. The standard InChI is InChI=1S/C21H22ClN5O2S/c1-25(2)21(29)15-11-16(22)19-17(12-15)30-20(24-19)14-5-3-8-26(13-14)18(28)6-10-27-9-4-7-23-27/h4-5,7,9,11-12H,3,6,8,10,13H2,1-2H3. The number of rotatable bonds is 5. The Labute approximate surface area is 183 Å². The molecule has 0 fully saturated rings. The van der Waals surface area contributed by atoms with Crippen LogP contribution in [0.2, 0.25) is 5.02 Å². The summed E-state index contributed by atoms with van der Waals surface area (Å²) in [5.74, 6) is 0.00805. The summed E-state index contributed by atoms with van der Waals surface area (Å²) in [5.41, 5.74) is 2.25. The van der Waals surface area contributed by atoms with E-state index >= 15 is 0 Å². The Bertz CT molecular complexity index is 1120. The molecule has 1 aromatic carbocycles. The van der Waals surface area contributed by atoms with Gasteiger partial charge in [0.2, 0.25) is 5.91 Å². The van der Waals surface area contributed by atoms with Crippen LogP contribution >= 0.6 is 22.9 Å². The van der Waals surface area contributed by atoms with Crippen LogP contribution in [0.3, 0.4) is 0 Å². The van der Waals surface area contributed by atoms with Crippen LogP contribution in [0.15, 0.2) is 36.7 Å². The van der Waals surface area contributed by atoms with Crippen molar-refractivity contribution in [3.63, 3.8) is 0 Å². The molecule has 0 N–H and O–H groups in total. The van der Waals surface area contributed by atoms with Gasteiger partial charge in [-0.3, -0.25) is 14.3 Å². The molecule has 0 saturated carbocycles. The molecule has 30 heavy (non-hydrogen) atoms. The van der Waals surface area contributed by atoms with E-state index in [9.17, 15) is 9.59 Å². The van der Waals surface area contributed by atoms with Crippen LogP contribution in [0.25, 0.3) is 15.8 Å². The number of aromatic nitrogens is 3. The zero-order valence-electron chi connectivity index (χ0n) is 16.8. The highest BCUT2D eigenvalue weighted by Crippen LogP contribution is 2.34. The summed E-state index contributed by atoms with van der Waals surface area (Å²) in [7, 11) is 3.42. The third-order valence-corrected chi connectivity index (χ3v) is 6.36. The third-order valence-electron chi connectivity index (χ3n) is 4.99. The predicted molar refractivity (Wildman–Crippen MR) is 119 cm³/mol. The maximum atomic E-state index is 12.7. The topological polar surface area (TPSA) is 71.3 Å². The molecule has 2 amide bonds. The van der Waals surface area contributed by atoms with Crippen molar-refractivity contribution < 1.29 is 9.59 Å². The highest BCUT2D eigenvalue weighted by molar-refractivity contribution is 7.19. The molecule has 4 rings (SSSR count). The van der Waals surface area contributed by atoms with Crippen molar-refractivity contribution in [1.82, 2.24) is 24.6 Å². The van der Waals surface area contributed by atoms with Crippen molar-refractivity contribution in [3.8, 4) is 0 Å². The van der Waals surface area contributed by atoms with Crippen molar-refractivity contribution in [3.05, 3.63) is 52.3 Å². The fraction of sp³-hybridized carbons (Fsp3) is 0.333. The first-order chi connectivity index (χ1) is 14.4. The molecule has 0 spiro atoms. The van der Waals surface area contributed by atoms with Gasteiger partial charge in [0, 0.05) is 63.7 Å². The Morgan fingerprint density at radius 2 is 2.13 bits per heavy atom. The number of hydrogen-bond acceptors (Lipinski definition) is 5. The first-order valence-electron chi connectivity index (χ1n) is 9.68. The number of carbonyl (C=O) groups excluding carboxylic acids is 2. The smallest absolute Gasteiger partial charge is 0.253 e. The molecule has 3 aromatic rings. The van der Waals surface area contributed by atoms with Crippen LogP contribution in [-0.2, 0) is 11.3 Å². The van der Waals surface area contributed by atoms with E-state index in [4.69, 9.17) is 16.6 Å². The fourth-order valence-electron chi connectivity index (χ4n) is 3.42. The molecule has 0 radical (unpaired) electrons. The molecular weight excluding hydrogens is 422 g/mol. The van der Waals surface area contributed by atoms with Gasteiger partial charge in [-0.25, -0.2) is 4.98 Å². The molecular formula is C21H22ClN5O2S. The summed E-state index contributed by atoms with van der Waals surface area (Å²) in [6.45, 7) is 1.80. The van der Waals surface area contributed by atoms with Gasteiger partial charge in [0.05, 0.1) is 9.72 Å². The Balaban J connectivity index is 1.51. The van der Waals surface area contributed by atoms with E-state index < -0.39 is 0 Å². The molecule has 9 heteroatoms. The molecule has 1 aliphatic rings.